The maximum atomic E-state index is 13.7. The van der Waals surface area contributed by atoms with E-state index in [4.69, 9.17) is 27.6 Å². The van der Waals surface area contributed by atoms with Gasteiger partial charge in [-0.05, 0) is 42.5 Å². The zero-order valence-corrected chi connectivity index (χ0v) is 14.2. The molecule has 3 aromatic rings. The van der Waals surface area contributed by atoms with Gasteiger partial charge in [-0.25, -0.2) is 9.82 Å². The van der Waals surface area contributed by atoms with Gasteiger partial charge in [0.15, 0.2) is 0 Å². The summed E-state index contributed by atoms with van der Waals surface area (Å²) < 4.78 is 19.2. The number of nitrogens with zero attached hydrogens (tertiary/aromatic N) is 1. The van der Waals surface area contributed by atoms with Crippen LogP contribution in [-0.2, 0) is 0 Å². The van der Waals surface area contributed by atoms with E-state index in [0.29, 0.717) is 22.1 Å². The number of carbonyl (C=O) groups is 1. The summed E-state index contributed by atoms with van der Waals surface area (Å²) in [5.41, 5.74) is 2.88. The Morgan fingerprint density at radius 1 is 1.12 bits per heavy atom. The molecular formula is C18H11Cl2FN2O2. The summed E-state index contributed by atoms with van der Waals surface area (Å²) in [7, 11) is 0. The van der Waals surface area contributed by atoms with E-state index < -0.39 is 5.91 Å². The van der Waals surface area contributed by atoms with E-state index in [1.54, 1.807) is 36.4 Å². The van der Waals surface area contributed by atoms with Crippen molar-refractivity contribution in [3.63, 3.8) is 0 Å². The summed E-state index contributed by atoms with van der Waals surface area (Å²) in [6.07, 6.45) is 1.31. The molecule has 25 heavy (non-hydrogen) atoms. The Hall–Kier alpha value is -2.63. The predicted molar refractivity (Wildman–Crippen MR) is 95.6 cm³/mol. The first-order chi connectivity index (χ1) is 12.0. The molecule has 1 N–H and O–H groups in total. The summed E-state index contributed by atoms with van der Waals surface area (Å²) in [6.45, 7) is 0. The average molecular weight is 377 g/mol. The number of hydrogen-bond acceptors (Lipinski definition) is 3. The number of hydrogen-bond donors (Lipinski definition) is 1. The Balaban J connectivity index is 1.70. The van der Waals surface area contributed by atoms with Crippen molar-refractivity contribution in [1.82, 2.24) is 5.43 Å². The van der Waals surface area contributed by atoms with Crippen molar-refractivity contribution >= 4 is 35.3 Å². The lowest BCUT2D eigenvalue weighted by molar-refractivity contribution is 0.0955. The molecule has 0 saturated carbocycles. The largest absolute Gasteiger partial charge is 0.455 e. The molecule has 7 heteroatoms. The maximum absolute atomic E-state index is 13.7. The van der Waals surface area contributed by atoms with Crippen LogP contribution >= 0.6 is 23.2 Å². The van der Waals surface area contributed by atoms with Crippen LogP contribution in [0.2, 0.25) is 10.0 Å². The molecule has 0 aliphatic heterocycles. The molecule has 3 rings (SSSR count). The highest BCUT2D eigenvalue weighted by Gasteiger charge is 2.11. The third kappa shape index (κ3) is 4.07. The standard InChI is InChI=1S/C18H11Cl2FN2O2/c19-11-5-7-15(20)14(9-11)18(24)23-22-10-12-6-8-17(25-12)13-3-1-2-4-16(13)21/h1-10H,(H,23,24)/b22-10-. The highest BCUT2D eigenvalue weighted by Crippen LogP contribution is 2.24. The monoisotopic (exact) mass is 376 g/mol. The van der Waals surface area contributed by atoms with E-state index in [1.807, 2.05) is 0 Å². The van der Waals surface area contributed by atoms with E-state index in [2.05, 4.69) is 10.5 Å². The predicted octanol–water partition coefficient (Wildman–Crippen LogP) is 5.16. The fraction of sp³-hybridized carbons (Fsp3) is 0. The van der Waals surface area contributed by atoms with Crippen LogP contribution in [0.3, 0.4) is 0 Å². The number of hydrazone groups is 1. The second-order valence-electron chi connectivity index (χ2n) is 5.01. The number of furan rings is 1. The Bertz CT molecular complexity index is 954. The Morgan fingerprint density at radius 2 is 1.92 bits per heavy atom. The first kappa shape index (κ1) is 17.2. The van der Waals surface area contributed by atoms with Crippen molar-refractivity contribution < 1.29 is 13.6 Å². The topological polar surface area (TPSA) is 54.6 Å². The molecule has 0 atom stereocenters. The third-order valence-corrected chi connectivity index (χ3v) is 3.86. The second kappa shape index (κ2) is 7.51. The Kier molecular flexibility index (Phi) is 5.16. The Morgan fingerprint density at radius 3 is 2.72 bits per heavy atom. The zero-order chi connectivity index (χ0) is 17.8. The molecular weight excluding hydrogens is 366 g/mol. The smallest absolute Gasteiger partial charge is 0.272 e. The highest BCUT2D eigenvalue weighted by atomic mass is 35.5. The minimum Gasteiger partial charge on any atom is -0.455 e. The molecule has 0 aliphatic rings. The molecule has 0 unspecified atom stereocenters. The molecule has 1 aromatic heterocycles. The van der Waals surface area contributed by atoms with Gasteiger partial charge in [-0.3, -0.25) is 4.79 Å². The van der Waals surface area contributed by atoms with Gasteiger partial charge < -0.3 is 4.42 Å². The van der Waals surface area contributed by atoms with Crippen LogP contribution in [0.5, 0.6) is 0 Å². The van der Waals surface area contributed by atoms with Crippen molar-refractivity contribution in [2.75, 3.05) is 0 Å². The molecule has 4 nitrogen and oxygen atoms in total. The van der Waals surface area contributed by atoms with Gasteiger partial charge in [-0.15, -0.1) is 0 Å². The lowest BCUT2D eigenvalue weighted by atomic mass is 10.1. The lowest BCUT2D eigenvalue weighted by Gasteiger charge is -2.02. The summed E-state index contributed by atoms with van der Waals surface area (Å²) in [5.74, 6) is -0.173. The van der Waals surface area contributed by atoms with E-state index in [1.165, 1.54) is 24.4 Å². The quantitative estimate of drug-likeness (QED) is 0.505. The summed E-state index contributed by atoms with van der Waals surface area (Å²) >= 11 is 11.8. The van der Waals surface area contributed by atoms with Gasteiger partial charge in [-0.1, -0.05) is 35.3 Å². The van der Waals surface area contributed by atoms with Crippen LogP contribution in [-0.4, -0.2) is 12.1 Å². The summed E-state index contributed by atoms with van der Waals surface area (Å²) in [5, 5.41) is 4.45. The van der Waals surface area contributed by atoms with Crippen LogP contribution in [0.4, 0.5) is 4.39 Å². The van der Waals surface area contributed by atoms with Gasteiger partial charge in [0.2, 0.25) is 0 Å². The van der Waals surface area contributed by atoms with Crippen molar-refractivity contribution in [2.24, 2.45) is 5.10 Å². The lowest BCUT2D eigenvalue weighted by Crippen LogP contribution is -2.18. The van der Waals surface area contributed by atoms with E-state index in [-0.39, 0.29) is 16.4 Å². The number of carbonyl (C=O) groups excluding carboxylic acids is 1. The number of nitrogens with one attached hydrogen (secondary N) is 1. The first-order valence-electron chi connectivity index (χ1n) is 7.18. The molecule has 0 bridgehead atoms. The van der Waals surface area contributed by atoms with E-state index >= 15 is 0 Å². The van der Waals surface area contributed by atoms with Gasteiger partial charge >= 0.3 is 0 Å². The summed E-state index contributed by atoms with van der Waals surface area (Å²) in [6, 6.07) is 14.0. The molecule has 0 spiro atoms. The van der Waals surface area contributed by atoms with Crippen molar-refractivity contribution in [1.29, 1.82) is 0 Å². The van der Waals surface area contributed by atoms with Crippen LogP contribution in [0.1, 0.15) is 16.1 Å². The van der Waals surface area contributed by atoms with Gasteiger partial charge in [0.05, 0.1) is 22.4 Å². The van der Waals surface area contributed by atoms with E-state index in [9.17, 15) is 9.18 Å². The SMILES string of the molecule is O=C(N/N=C\c1ccc(-c2ccccc2F)o1)c1cc(Cl)ccc1Cl. The third-order valence-electron chi connectivity index (χ3n) is 3.30. The Labute approximate surface area is 152 Å². The minimum atomic E-state index is -0.510. The molecule has 2 aromatic carbocycles. The molecule has 0 radical (unpaired) electrons. The van der Waals surface area contributed by atoms with Crippen LogP contribution in [0.25, 0.3) is 11.3 Å². The normalized spacial score (nSPS) is 11.0. The van der Waals surface area contributed by atoms with Crippen LogP contribution < -0.4 is 5.43 Å². The number of halogens is 3. The van der Waals surface area contributed by atoms with Crippen molar-refractivity contribution in [3.8, 4) is 11.3 Å². The van der Waals surface area contributed by atoms with Gasteiger partial charge in [-0.2, -0.15) is 5.10 Å². The van der Waals surface area contributed by atoms with Crippen LogP contribution in [0, 0.1) is 5.82 Å². The van der Waals surface area contributed by atoms with Crippen LogP contribution in [0.15, 0.2) is 64.1 Å². The maximum Gasteiger partial charge on any atom is 0.272 e. The minimum absolute atomic E-state index is 0.206. The molecule has 126 valence electrons. The molecule has 0 fully saturated rings. The van der Waals surface area contributed by atoms with Crippen molar-refractivity contribution in [2.45, 2.75) is 0 Å². The van der Waals surface area contributed by atoms with Gasteiger partial charge in [0.1, 0.15) is 17.3 Å². The highest BCUT2D eigenvalue weighted by molar-refractivity contribution is 6.35. The first-order valence-corrected chi connectivity index (χ1v) is 7.93. The number of rotatable bonds is 4. The van der Waals surface area contributed by atoms with Gasteiger partial charge in [0.25, 0.3) is 5.91 Å². The molecule has 1 amide bonds. The fourth-order valence-electron chi connectivity index (χ4n) is 2.11. The summed E-state index contributed by atoms with van der Waals surface area (Å²) in [4.78, 5) is 12.0. The molecule has 0 aliphatic carbocycles. The number of amides is 1. The van der Waals surface area contributed by atoms with Crippen molar-refractivity contribution in [3.05, 3.63) is 81.8 Å². The zero-order valence-electron chi connectivity index (χ0n) is 12.7. The molecule has 0 saturated heterocycles. The van der Waals surface area contributed by atoms with E-state index in [0.717, 1.165) is 0 Å². The fourth-order valence-corrected chi connectivity index (χ4v) is 2.49. The van der Waals surface area contributed by atoms with Gasteiger partial charge in [0, 0.05) is 5.02 Å². The average Bonchev–Trinajstić information content (AvgIpc) is 3.06. The molecule has 1 heterocycles. The number of benzene rings is 2. The second-order valence-corrected chi connectivity index (χ2v) is 5.85.